The molecule has 1 saturated heterocycles. The van der Waals surface area contributed by atoms with Gasteiger partial charge in [-0.15, -0.1) is 0 Å². The summed E-state index contributed by atoms with van der Waals surface area (Å²) in [7, 11) is 1.56. The third-order valence-electron chi connectivity index (χ3n) is 4.53. The molecule has 1 aliphatic rings. The van der Waals surface area contributed by atoms with Gasteiger partial charge in [-0.2, -0.15) is 23.4 Å². The summed E-state index contributed by atoms with van der Waals surface area (Å²) in [5, 5.41) is 9.62. The van der Waals surface area contributed by atoms with Crippen LogP contribution in [-0.2, 0) is 19.8 Å². The number of nitrogens with zero attached hydrogens (tertiary/aromatic N) is 5. The third kappa shape index (κ3) is 3.25. The van der Waals surface area contributed by atoms with E-state index in [0.717, 1.165) is 6.42 Å². The van der Waals surface area contributed by atoms with Crippen LogP contribution < -0.4 is 5.69 Å². The molecule has 0 aromatic carbocycles. The van der Waals surface area contributed by atoms with Crippen LogP contribution >= 0.6 is 0 Å². The number of carbonyl (C=O) groups excluding carboxylic acids is 1. The average Bonchev–Trinajstić information content (AvgIpc) is 3.20. The molecule has 142 valence electrons. The van der Waals surface area contributed by atoms with Crippen LogP contribution in [0.5, 0.6) is 0 Å². The molecular formula is C15H19F3N6O2. The van der Waals surface area contributed by atoms with Crippen LogP contribution in [0.1, 0.15) is 47.7 Å². The molecule has 2 aromatic rings. The number of nitrogens with one attached hydrogen (secondary N) is 1. The van der Waals surface area contributed by atoms with Gasteiger partial charge in [0.1, 0.15) is 11.5 Å². The van der Waals surface area contributed by atoms with Gasteiger partial charge in [-0.3, -0.25) is 14.5 Å². The summed E-state index contributed by atoms with van der Waals surface area (Å²) in [4.78, 5) is 26.0. The quantitative estimate of drug-likeness (QED) is 0.881. The van der Waals surface area contributed by atoms with E-state index in [1.165, 1.54) is 9.58 Å². The second-order valence-corrected chi connectivity index (χ2v) is 6.26. The lowest BCUT2D eigenvalue weighted by Crippen LogP contribution is -2.40. The van der Waals surface area contributed by atoms with Crippen LogP contribution in [0.4, 0.5) is 13.2 Å². The van der Waals surface area contributed by atoms with Crippen molar-refractivity contribution in [3.05, 3.63) is 33.8 Å². The van der Waals surface area contributed by atoms with E-state index in [-0.39, 0.29) is 23.8 Å². The van der Waals surface area contributed by atoms with E-state index in [1.54, 1.807) is 11.6 Å². The topological polar surface area (TPSA) is 88.8 Å². The number of halogens is 3. The van der Waals surface area contributed by atoms with E-state index >= 15 is 0 Å². The van der Waals surface area contributed by atoms with E-state index in [2.05, 4.69) is 10.2 Å². The van der Waals surface area contributed by atoms with E-state index in [1.807, 2.05) is 12.0 Å². The van der Waals surface area contributed by atoms with Gasteiger partial charge in [0.15, 0.2) is 5.69 Å². The molecule has 0 radical (unpaired) electrons. The minimum atomic E-state index is -4.58. The van der Waals surface area contributed by atoms with Crippen molar-refractivity contribution in [1.82, 2.24) is 29.4 Å². The molecule has 2 aromatic heterocycles. The van der Waals surface area contributed by atoms with Crippen LogP contribution in [0.3, 0.4) is 0 Å². The van der Waals surface area contributed by atoms with Crippen LogP contribution in [0, 0.1) is 0 Å². The number of hydrogen-bond donors (Lipinski definition) is 1. The highest BCUT2D eigenvalue weighted by molar-refractivity contribution is 5.92. The molecule has 1 fully saturated rings. The number of aryl methyl sites for hydroxylation is 1. The van der Waals surface area contributed by atoms with Crippen LogP contribution in [0.2, 0.25) is 0 Å². The second kappa shape index (κ2) is 6.61. The first kappa shape index (κ1) is 18.2. The number of amides is 1. The molecule has 1 aliphatic heterocycles. The fourth-order valence-electron chi connectivity index (χ4n) is 3.23. The Kier molecular flexibility index (Phi) is 4.63. The molecule has 3 rings (SSSR count). The van der Waals surface area contributed by atoms with Crippen molar-refractivity contribution in [2.45, 2.75) is 38.4 Å². The fourth-order valence-corrected chi connectivity index (χ4v) is 3.23. The molecule has 1 N–H and O–H groups in total. The zero-order chi connectivity index (χ0) is 19.1. The van der Waals surface area contributed by atoms with Gasteiger partial charge in [0.05, 0.1) is 0 Å². The molecule has 0 bridgehead atoms. The smallest absolute Gasteiger partial charge is 0.337 e. The van der Waals surface area contributed by atoms with Crippen molar-refractivity contribution >= 4 is 5.91 Å². The first-order valence-electron chi connectivity index (χ1n) is 8.28. The maximum absolute atomic E-state index is 12.7. The fraction of sp³-hybridized carbons (Fsp3) is 0.600. The highest BCUT2D eigenvalue weighted by Gasteiger charge is 2.35. The summed E-state index contributed by atoms with van der Waals surface area (Å²) in [5.74, 6) is -0.124. The SMILES string of the molecule is CCn1c(C2CCCN(C(=O)c3cc(C(F)(F)F)[nH]n3)C2)nn(C)c1=O. The average molecular weight is 372 g/mol. The van der Waals surface area contributed by atoms with Crippen molar-refractivity contribution in [3.8, 4) is 0 Å². The van der Waals surface area contributed by atoms with Crippen LogP contribution in [-0.4, -0.2) is 48.4 Å². The lowest BCUT2D eigenvalue weighted by atomic mass is 9.97. The number of hydrogen-bond acceptors (Lipinski definition) is 4. The molecule has 1 amide bonds. The number of rotatable bonds is 3. The number of carbonyl (C=O) groups is 1. The summed E-state index contributed by atoms with van der Waals surface area (Å²) in [6.45, 7) is 3.00. The Morgan fingerprint density at radius 2 is 2.15 bits per heavy atom. The molecular weight excluding hydrogens is 353 g/mol. The van der Waals surface area contributed by atoms with Gasteiger partial charge < -0.3 is 4.90 Å². The van der Waals surface area contributed by atoms with Gasteiger partial charge in [0.2, 0.25) is 0 Å². The molecule has 0 spiro atoms. The van der Waals surface area contributed by atoms with Gasteiger partial charge in [-0.05, 0) is 19.8 Å². The molecule has 1 unspecified atom stereocenters. The summed E-state index contributed by atoms with van der Waals surface area (Å²) in [6.07, 6.45) is -3.17. The Morgan fingerprint density at radius 3 is 2.77 bits per heavy atom. The largest absolute Gasteiger partial charge is 0.432 e. The summed E-state index contributed by atoms with van der Waals surface area (Å²) < 4.78 is 40.8. The first-order chi connectivity index (χ1) is 12.2. The van der Waals surface area contributed by atoms with E-state index in [0.29, 0.717) is 31.4 Å². The normalized spacial score (nSPS) is 18.3. The molecule has 11 heteroatoms. The number of piperidine rings is 1. The molecule has 0 aliphatic carbocycles. The highest BCUT2D eigenvalue weighted by Crippen LogP contribution is 2.29. The highest BCUT2D eigenvalue weighted by atomic mass is 19.4. The third-order valence-corrected chi connectivity index (χ3v) is 4.53. The molecule has 1 atom stereocenters. The minimum absolute atomic E-state index is 0.150. The van der Waals surface area contributed by atoms with Crippen LogP contribution in [0.25, 0.3) is 0 Å². The van der Waals surface area contributed by atoms with Crippen molar-refractivity contribution in [2.24, 2.45) is 7.05 Å². The molecule has 8 nitrogen and oxygen atoms in total. The standard InChI is InChI=1S/C15H19F3N6O2/c1-3-24-12(21-22(2)14(24)26)9-5-4-6-23(8-9)13(25)10-7-11(20-19-10)15(16,17)18/h7,9H,3-6,8H2,1-2H3,(H,19,20). The number of aromatic amines is 1. The molecule has 26 heavy (non-hydrogen) atoms. The number of H-pyrrole nitrogens is 1. The van der Waals surface area contributed by atoms with Gasteiger partial charge in [-0.1, -0.05) is 0 Å². The first-order valence-corrected chi connectivity index (χ1v) is 8.28. The van der Waals surface area contributed by atoms with E-state index in [9.17, 15) is 22.8 Å². The molecule has 0 saturated carbocycles. The number of alkyl halides is 3. The van der Waals surface area contributed by atoms with Crippen molar-refractivity contribution in [3.63, 3.8) is 0 Å². The van der Waals surface area contributed by atoms with Gasteiger partial charge in [0, 0.05) is 38.7 Å². The Balaban J connectivity index is 1.80. The van der Waals surface area contributed by atoms with Crippen molar-refractivity contribution in [1.29, 1.82) is 0 Å². The summed E-state index contributed by atoms with van der Waals surface area (Å²) >= 11 is 0. The maximum atomic E-state index is 12.7. The van der Waals surface area contributed by atoms with Gasteiger partial charge in [0.25, 0.3) is 5.91 Å². The zero-order valence-electron chi connectivity index (χ0n) is 14.4. The minimum Gasteiger partial charge on any atom is -0.337 e. The van der Waals surface area contributed by atoms with Crippen molar-refractivity contribution in [2.75, 3.05) is 13.1 Å². The van der Waals surface area contributed by atoms with E-state index in [4.69, 9.17) is 0 Å². The predicted molar refractivity (Wildman–Crippen MR) is 84.6 cm³/mol. The summed E-state index contributed by atoms with van der Waals surface area (Å²) in [5.41, 5.74) is -1.56. The zero-order valence-corrected chi connectivity index (χ0v) is 14.4. The number of likely N-dealkylation sites (tertiary alicyclic amines) is 1. The molecule has 3 heterocycles. The Morgan fingerprint density at radius 1 is 1.42 bits per heavy atom. The monoisotopic (exact) mass is 372 g/mol. The Bertz CT molecular complexity index is 866. The van der Waals surface area contributed by atoms with Crippen LogP contribution in [0.15, 0.2) is 10.9 Å². The van der Waals surface area contributed by atoms with Gasteiger partial charge in [-0.25, -0.2) is 9.48 Å². The Labute approximate surface area is 146 Å². The Hall–Kier alpha value is -2.59. The lowest BCUT2D eigenvalue weighted by molar-refractivity contribution is -0.141. The maximum Gasteiger partial charge on any atom is 0.432 e. The lowest BCUT2D eigenvalue weighted by Gasteiger charge is -2.31. The predicted octanol–water partition coefficient (Wildman–Crippen LogP) is 1.36. The van der Waals surface area contributed by atoms with Gasteiger partial charge >= 0.3 is 11.9 Å². The van der Waals surface area contributed by atoms with E-state index < -0.39 is 17.8 Å². The van der Waals surface area contributed by atoms with Crippen molar-refractivity contribution < 1.29 is 18.0 Å². The number of aromatic nitrogens is 5. The summed E-state index contributed by atoms with van der Waals surface area (Å²) in [6, 6.07) is 0.717. The second-order valence-electron chi connectivity index (χ2n) is 6.26.